The van der Waals surface area contributed by atoms with Gasteiger partial charge in [0.1, 0.15) is 0 Å². The van der Waals surface area contributed by atoms with Crippen molar-refractivity contribution < 1.29 is 19.1 Å². The van der Waals surface area contributed by atoms with Gasteiger partial charge < -0.3 is 9.30 Å². The number of hydrogen-bond acceptors (Lipinski definition) is 4. The van der Waals surface area contributed by atoms with Crippen LogP contribution in [0.15, 0.2) is 42.7 Å². The maximum absolute atomic E-state index is 13.8. The number of rotatable bonds is 4. The molecule has 0 unspecified atom stereocenters. The smallest absolute Gasteiger partial charge is 0.274 e. The molecule has 7 heteroatoms. The molecule has 2 aromatic carbocycles. The van der Waals surface area contributed by atoms with Crippen LogP contribution in [0.2, 0.25) is 0 Å². The third kappa shape index (κ3) is 2.86. The monoisotopic (exact) mass is 315 g/mol. The second-order valence-corrected chi connectivity index (χ2v) is 4.99. The fourth-order valence-corrected chi connectivity index (χ4v) is 2.39. The number of nitrogens with one attached hydrogen (secondary N) is 1. The summed E-state index contributed by atoms with van der Waals surface area (Å²) in [5, 5.41) is 8.72. The third-order valence-corrected chi connectivity index (χ3v) is 3.55. The largest absolute Gasteiger partial charge is 0.494 e. The molecule has 0 radical (unpaired) electrons. The number of aromatic nitrogens is 2. The topological polar surface area (TPSA) is 76.4 Å². The summed E-state index contributed by atoms with van der Waals surface area (Å²) in [5.74, 6) is -0.851. The van der Waals surface area contributed by atoms with Crippen LogP contribution in [0.25, 0.3) is 11.0 Å². The molecular formula is C16H14FN3O3. The molecule has 0 aliphatic carbocycles. The first-order chi connectivity index (χ1) is 11.1. The predicted molar refractivity (Wildman–Crippen MR) is 81.0 cm³/mol. The summed E-state index contributed by atoms with van der Waals surface area (Å²) in [7, 11) is 1.41. The minimum absolute atomic E-state index is 0.186. The molecule has 1 heterocycles. The molecule has 3 aromatic rings. The van der Waals surface area contributed by atoms with Crippen LogP contribution in [0.1, 0.15) is 15.9 Å². The molecule has 0 spiro atoms. The van der Waals surface area contributed by atoms with Gasteiger partial charge in [0.25, 0.3) is 5.91 Å². The van der Waals surface area contributed by atoms with Crippen molar-refractivity contribution in [3.63, 3.8) is 0 Å². The van der Waals surface area contributed by atoms with Gasteiger partial charge in [0.05, 0.1) is 24.5 Å². The van der Waals surface area contributed by atoms with Gasteiger partial charge in [0.15, 0.2) is 11.6 Å². The lowest BCUT2D eigenvalue weighted by Crippen LogP contribution is -2.18. The van der Waals surface area contributed by atoms with Crippen LogP contribution in [-0.2, 0) is 6.54 Å². The minimum atomic E-state index is -0.602. The fraction of sp³-hybridized carbons (Fsp3) is 0.125. The molecule has 0 fully saturated rings. The zero-order chi connectivity index (χ0) is 16.4. The van der Waals surface area contributed by atoms with Gasteiger partial charge in [0, 0.05) is 12.1 Å². The van der Waals surface area contributed by atoms with Crippen molar-refractivity contribution in [1.29, 1.82) is 0 Å². The van der Waals surface area contributed by atoms with E-state index in [4.69, 9.17) is 9.94 Å². The normalized spacial score (nSPS) is 10.7. The second kappa shape index (κ2) is 6.05. The molecule has 0 saturated heterocycles. The number of fused-ring (bicyclic) bond motifs is 1. The van der Waals surface area contributed by atoms with E-state index in [0.29, 0.717) is 23.1 Å². The number of methoxy groups -OCH3 is 1. The van der Waals surface area contributed by atoms with Crippen LogP contribution in [-0.4, -0.2) is 27.8 Å². The lowest BCUT2D eigenvalue weighted by Gasteiger charge is -2.08. The highest BCUT2D eigenvalue weighted by Gasteiger charge is 2.10. The van der Waals surface area contributed by atoms with Gasteiger partial charge in [0.2, 0.25) is 0 Å². The highest BCUT2D eigenvalue weighted by molar-refractivity contribution is 5.96. The van der Waals surface area contributed by atoms with Gasteiger partial charge in [-0.25, -0.2) is 14.9 Å². The number of benzene rings is 2. The summed E-state index contributed by atoms with van der Waals surface area (Å²) in [6, 6.07) is 9.60. The standard InChI is InChI=1S/C16H14FN3O3/c1-23-15-5-2-10(6-12(15)17)8-20-9-18-13-4-3-11(7-14(13)20)16(21)19-22/h2-7,9,22H,8H2,1H3,(H,19,21). The van der Waals surface area contributed by atoms with Gasteiger partial charge >= 0.3 is 0 Å². The molecule has 6 nitrogen and oxygen atoms in total. The molecule has 118 valence electrons. The summed E-state index contributed by atoms with van der Waals surface area (Å²) in [4.78, 5) is 15.8. The maximum Gasteiger partial charge on any atom is 0.274 e. The maximum atomic E-state index is 13.8. The lowest BCUT2D eigenvalue weighted by molar-refractivity contribution is 0.0706. The Morgan fingerprint density at radius 1 is 1.35 bits per heavy atom. The average molecular weight is 315 g/mol. The Balaban J connectivity index is 1.96. The molecule has 0 bridgehead atoms. The Bertz CT molecular complexity index is 876. The number of imidazole rings is 1. The zero-order valence-electron chi connectivity index (χ0n) is 12.3. The van der Waals surface area contributed by atoms with Gasteiger partial charge in [-0.1, -0.05) is 6.07 Å². The number of nitrogens with zero attached hydrogens (tertiary/aromatic N) is 2. The number of halogens is 1. The van der Waals surface area contributed by atoms with Gasteiger partial charge in [-0.05, 0) is 35.9 Å². The van der Waals surface area contributed by atoms with Crippen molar-refractivity contribution in [3.8, 4) is 5.75 Å². The molecule has 2 N–H and O–H groups in total. The Morgan fingerprint density at radius 2 is 2.17 bits per heavy atom. The summed E-state index contributed by atoms with van der Waals surface area (Å²) in [5.41, 5.74) is 4.05. The van der Waals surface area contributed by atoms with E-state index in [1.54, 1.807) is 46.7 Å². The van der Waals surface area contributed by atoms with E-state index >= 15 is 0 Å². The first-order valence-corrected chi connectivity index (χ1v) is 6.84. The van der Waals surface area contributed by atoms with Crippen molar-refractivity contribution in [1.82, 2.24) is 15.0 Å². The third-order valence-electron chi connectivity index (χ3n) is 3.55. The first-order valence-electron chi connectivity index (χ1n) is 6.84. The van der Waals surface area contributed by atoms with Crippen molar-refractivity contribution in [2.24, 2.45) is 0 Å². The molecule has 0 saturated carbocycles. The van der Waals surface area contributed by atoms with E-state index in [1.807, 2.05) is 0 Å². The number of amides is 1. The number of hydrogen-bond donors (Lipinski definition) is 2. The van der Waals surface area contributed by atoms with Crippen LogP contribution in [0.3, 0.4) is 0 Å². The van der Waals surface area contributed by atoms with E-state index in [9.17, 15) is 9.18 Å². The first kappa shape index (κ1) is 15.0. The summed E-state index contributed by atoms with van der Waals surface area (Å²) < 4.78 is 20.5. The molecule has 3 rings (SSSR count). The molecule has 0 aliphatic heterocycles. The van der Waals surface area contributed by atoms with Crippen LogP contribution in [0, 0.1) is 5.82 Å². The Kier molecular flexibility index (Phi) is 3.94. The lowest BCUT2D eigenvalue weighted by atomic mass is 10.1. The molecule has 23 heavy (non-hydrogen) atoms. The number of carbonyl (C=O) groups excluding carboxylic acids is 1. The van der Waals surface area contributed by atoms with Crippen LogP contribution in [0.5, 0.6) is 5.75 Å². The van der Waals surface area contributed by atoms with Crippen molar-refractivity contribution in [3.05, 3.63) is 59.7 Å². The van der Waals surface area contributed by atoms with Crippen LogP contribution in [0.4, 0.5) is 4.39 Å². The van der Waals surface area contributed by atoms with E-state index in [2.05, 4.69) is 4.98 Å². The highest BCUT2D eigenvalue weighted by Crippen LogP contribution is 2.20. The van der Waals surface area contributed by atoms with Gasteiger partial charge in [-0.15, -0.1) is 0 Å². The Labute approximate surface area is 131 Å². The number of hydroxylamine groups is 1. The summed E-state index contributed by atoms with van der Waals surface area (Å²) in [6.45, 7) is 0.390. The quantitative estimate of drug-likeness (QED) is 0.572. The minimum Gasteiger partial charge on any atom is -0.494 e. The zero-order valence-corrected chi connectivity index (χ0v) is 12.3. The Morgan fingerprint density at radius 3 is 2.87 bits per heavy atom. The van der Waals surface area contributed by atoms with E-state index in [-0.39, 0.29) is 5.75 Å². The fourth-order valence-electron chi connectivity index (χ4n) is 2.39. The van der Waals surface area contributed by atoms with E-state index < -0.39 is 11.7 Å². The van der Waals surface area contributed by atoms with E-state index in [0.717, 1.165) is 5.56 Å². The average Bonchev–Trinajstić information content (AvgIpc) is 2.96. The Hall–Kier alpha value is -2.93. The summed E-state index contributed by atoms with van der Waals surface area (Å²) in [6.07, 6.45) is 1.62. The number of carbonyl (C=O) groups is 1. The molecule has 1 aromatic heterocycles. The highest BCUT2D eigenvalue weighted by atomic mass is 19.1. The van der Waals surface area contributed by atoms with E-state index in [1.165, 1.54) is 13.2 Å². The second-order valence-electron chi connectivity index (χ2n) is 4.99. The number of ether oxygens (including phenoxy) is 1. The van der Waals surface area contributed by atoms with Crippen molar-refractivity contribution >= 4 is 16.9 Å². The van der Waals surface area contributed by atoms with Crippen LogP contribution >= 0.6 is 0 Å². The SMILES string of the molecule is COc1ccc(Cn2cnc3ccc(C(=O)NO)cc32)cc1F. The van der Waals surface area contributed by atoms with Crippen molar-refractivity contribution in [2.45, 2.75) is 6.54 Å². The van der Waals surface area contributed by atoms with Gasteiger partial charge in [-0.2, -0.15) is 0 Å². The van der Waals surface area contributed by atoms with Crippen molar-refractivity contribution in [2.75, 3.05) is 7.11 Å². The van der Waals surface area contributed by atoms with Crippen LogP contribution < -0.4 is 10.2 Å². The van der Waals surface area contributed by atoms with Gasteiger partial charge in [-0.3, -0.25) is 10.0 Å². The molecule has 0 aliphatic rings. The molecule has 1 amide bonds. The molecular weight excluding hydrogens is 301 g/mol. The molecule has 0 atom stereocenters. The predicted octanol–water partition coefficient (Wildman–Crippen LogP) is 2.35. The summed E-state index contributed by atoms with van der Waals surface area (Å²) >= 11 is 0.